The molecule has 0 saturated carbocycles. The van der Waals surface area contributed by atoms with Crippen LogP contribution in [0.4, 0.5) is 5.69 Å². The Balaban J connectivity index is 2.19. The Kier molecular flexibility index (Phi) is 3.44. The maximum atomic E-state index is 11.1. The van der Waals surface area contributed by atoms with Crippen LogP contribution in [0.25, 0.3) is 0 Å². The molecule has 0 atom stereocenters. The van der Waals surface area contributed by atoms with E-state index in [1.165, 1.54) is 0 Å². The van der Waals surface area contributed by atoms with E-state index in [2.05, 4.69) is 5.32 Å². The maximum Gasteiger partial charge on any atom is 0.337 e. The predicted molar refractivity (Wildman–Crippen MR) is 69.8 cm³/mol. The fourth-order valence-corrected chi connectivity index (χ4v) is 2.25. The summed E-state index contributed by atoms with van der Waals surface area (Å²) in [6, 6.07) is 7.32. The quantitative estimate of drug-likeness (QED) is 0.871. The SMILES string of the molecule is Cc1ccc(C(=O)O)c(NCc2ccsc2)c1. The number of aryl methyl sites for hydroxylation is 1. The van der Waals surface area contributed by atoms with Crippen molar-refractivity contribution in [3.8, 4) is 0 Å². The van der Waals surface area contributed by atoms with Gasteiger partial charge in [-0.25, -0.2) is 4.79 Å². The number of thiophene rings is 1. The van der Waals surface area contributed by atoms with Crippen molar-refractivity contribution in [3.63, 3.8) is 0 Å². The molecular weight excluding hydrogens is 234 g/mol. The highest BCUT2D eigenvalue weighted by molar-refractivity contribution is 7.07. The van der Waals surface area contributed by atoms with Crippen LogP contribution in [-0.2, 0) is 6.54 Å². The number of rotatable bonds is 4. The van der Waals surface area contributed by atoms with Crippen LogP contribution < -0.4 is 5.32 Å². The van der Waals surface area contributed by atoms with E-state index in [1.807, 2.05) is 29.8 Å². The minimum absolute atomic E-state index is 0.311. The van der Waals surface area contributed by atoms with E-state index in [0.29, 0.717) is 17.8 Å². The van der Waals surface area contributed by atoms with Gasteiger partial charge in [0.15, 0.2) is 0 Å². The summed E-state index contributed by atoms with van der Waals surface area (Å²) in [6.07, 6.45) is 0. The standard InChI is InChI=1S/C13H13NO2S/c1-9-2-3-11(13(15)16)12(6-9)14-7-10-4-5-17-8-10/h2-6,8,14H,7H2,1H3,(H,15,16). The van der Waals surface area contributed by atoms with Crippen LogP contribution in [0.2, 0.25) is 0 Å². The molecule has 0 saturated heterocycles. The number of anilines is 1. The number of aromatic carboxylic acids is 1. The second-order valence-electron chi connectivity index (χ2n) is 3.84. The number of carbonyl (C=O) groups is 1. The number of carboxylic acid groups (broad SMARTS) is 1. The zero-order valence-corrected chi connectivity index (χ0v) is 10.3. The van der Waals surface area contributed by atoms with Crippen molar-refractivity contribution >= 4 is 23.0 Å². The average Bonchev–Trinajstić information content (AvgIpc) is 2.78. The van der Waals surface area contributed by atoms with Crippen LogP contribution >= 0.6 is 11.3 Å². The molecule has 3 nitrogen and oxygen atoms in total. The van der Waals surface area contributed by atoms with E-state index in [0.717, 1.165) is 11.1 Å². The van der Waals surface area contributed by atoms with Gasteiger partial charge in [-0.2, -0.15) is 11.3 Å². The molecule has 0 unspecified atom stereocenters. The lowest BCUT2D eigenvalue weighted by Crippen LogP contribution is -2.06. The summed E-state index contributed by atoms with van der Waals surface area (Å²) in [6.45, 7) is 2.59. The normalized spacial score (nSPS) is 10.2. The highest BCUT2D eigenvalue weighted by Gasteiger charge is 2.09. The van der Waals surface area contributed by atoms with E-state index < -0.39 is 5.97 Å². The number of carboxylic acids is 1. The molecule has 0 spiro atoms. The van der Waals surface area contributed by atoms with E-state index in [4.69, 9.17) is 5.11 Å². The lowest BCUT2D eigenvalue weighted by Gasteiger charge is -2.09. The van der Waals surface area contributed by atoms with Crippen LogP contribution in [-0.4, -0.2) is 11.1 Å². The largest absolute Gasteiger partial charge is 0.478 e. The summed E-state index contributed by atoms with van der Waals surface area (Å²) < 4.78 is 0. The monoisotopic (exact) mass is 247 g/mol. The fraction of sp³-hybridized carbons (Fsp3) is 0.154. The molecule has 1 aromatic carbocycles. The van der Waals surface area contributed by atoms with E-state index in [9.17, 15) is 4.79 Å². The highest BCUT2D eigenvalue weighted by atomic mass is 32.1. The van der Waals surface area contributed by atoms with Crippen LogP contribution in [0.3, 0.4) is 0 Å². The minimum Gasteiger partial charge on any atom is -0.478 e. The predicted octanol–water partition coefficient (Wildman–Crippen LogP) is 3.37. The molecule has 0 aliphatic heterocycles. The van der Waals surface area contributed by atoms with E-state index in [-0.39, 0.29) is 0 Å². The van der Waals surface area contributed by atoms with Gasteiger partial charge in [0.25, 0.3) is 0 Å². The second-order valence-corrected chi connectivity index (χ2v) is 4.62. The number of benzene rings is 1. The second kappa shape index (κ2) is 5.01. The van der Waals surface area contributed by atoms with Gasteiger partial charge in [0, 0.05) is 12.2 Å². The first-order valence-corrected chi connectivity index (χ1v) is 6.20. The van der Waals surface area contributed by atoms with Gasteiger partial charge in [-0.15, -0.1) is 0 Å². The molecule has 2 rings (SSSR count). The van der Waals surface area contributed by atoms with Gasteiger partial charge in [-0.1, -0.05) is 6.07 Å². The highest BCUT2D eigenvalue weighted by Crippen LogP contribution is 2.19. The third kappa shape index (κ3) is 2.85. The molecule has 88 valence electrons. The molecule has 1 heterocycles. The van der Waals surface area contributed by atoms with Gasteiger partial charge in [-0.3, -0.25) is 0 Å². The van der Waals surface area contributed by atoms with E-state index in [1.54, 1.807) is 23.5 Å². The van der Waals surface area contributed by atoms with Gasteiger partial charge in [-0.05, 0) is 47.0 Å². The molecule has 2 N–H and O–H groups in total. The molecule has 4 heteroatoms. The number of nitrogens with one attached hydrogen (secondary N) is 1. The summed E-state index contributed by atoms with van der Waals surface area (Å²) in [5, 5.41) is 16.3. The van der Waals surface area contributed by atoms with Crippen LogP contribution in [0.1, 0.15) is 21.5 Å². The molecule has 1 aromatic heterocycles. The van der Waals surface area contributed by atoms with Crippen LogP contribution in [0.5, 0.6) is 0 Å². The van der Waals surface area contributed by atoms with Crippen molar-refractivity contribution < 1.29 is 9.90 Å². The molecule has 0 fully saturated rings. The summed E-state index contributed by atoms with van der Waals surface area (Å²) in [4.78, 5) is 11.1. The Morgan fingerprint density at radius 2 is 2.24 bits per heavy atom. The maximum absolute atomic E-state index is 11.1. The molecule has 0 aliphatic carbocycles. The first-order chi connectivity index (χ1) is 8.16. The summed E-state index contributed by atoms with van der Waals surface area (Å²) in [7, 11) is 0. The van der Waals surface area contributed by atoms with Gasteiger partial charge in [0.05, 0.1) is 5.56 Å². The Labute approximate surface area is 104 Å². The van der Waals surface area contributed by atoms with Gasteiger partial charge < -0.3 is 10.4 Å². The van der Waals surface area contributed by atoms with Crippen molar-refractivity contribution in [1.82, 2.24) is 0 Å². The smallest absolute Gasteiger partial charge is 0.337 e. The Morgan fingerprint density at radius 1 is 1.41 bits per heavy atom. The van der Waals surface area contributed by atoms with Crippen molar-refractivity contribution in [1.29, 1.82) is 0 Å². The Bertz CT molecular complexity index is 520. The summed E-state index contributed by atoms with van der Waals surface area (Å²) >= 11 is 1.63. The van der Waals surface area contributed by atoms with Gasteiger partial charge in [0.1, 0.15) is 0 Å². The average molecular weight is 247 g/mol. The van der Waals surface area contributed by atoms with E-state index >= 15 is 0 Å². The Morgan fingerprint density at radius 3 is 2.88 bits per heavy atom. The molecule has 0 bridgehead atoms. The zero-order valence-electron chi connectivity index (χ0n) is 9.43. The van der Waals surface area contributed by atoms with Crippen molar-refractivity contribution in [2.24, 2.45) is 0 Å². The van der Waals surface area contributed by atoms with Crippen molar-refractivity contribution in [2.45, 2.75) is 13.5 Å². The lowest BCUT2D eigenvalue weighted by atomic mass is 10.1. The molecule has 17 heavy (non-hydrogen) atoms. The van der Waals surface area contributed by atoms with Crippen molar-refractivity contribution in [3.05, 3.63) is 51.7 Å². The molecule has 0 aliphatic rings. The third-order valence-corrected chi connectivity index (χ3v) is 3.20. The first kappa shape index (κ1) is 11.7. The molecular formula is C13H13NO2S. The number of hydrogen-bond donors (Lipinski definition) is 2. The molecule has 2 aromatic rings. The summed E-state index contributed by atoms with van der Waals surface area (Å²) in [5.41, 5.74) is 3.19. The summed E-state index contributed by atoms with van der Waals surface area (Å²) in [5.74, 6) is -0.905. The van der Waals surface area contributed by atoms with Gasteiger partial charge >= 0.3 is 5.97 Å². The molecule has 0 amide bonds. The number of hydrogen-bond acceptors (Lipinski definition) is 3. The fourth-order valence-electron chi connectivity index (χ4n) is 1.58. The van der Waals surface area contributed by atoms with Gasteiger partial charge in [0.2, 0.25) is 0 Å². The van der Waals surface area contributed by atoms with Crippen LogP contribution in [0.15, 0.2) is 35.0 Å². The third-order valence-electron chi connectivity index (χ3n) is 2.47. The topological polar surface area (TPSA) is 49.3 Å². The first-order valence-electron chi connectivity index (χ1n) is 5.25. The lowest BCUT2D eigenvalue weighted by molar-refractivity contribution is 0.0698. The Hall–Kier alpha value is -1.81. The molecule has 0 radical (unpaired) electrons. The minimum atomic E-state index is -0.905. The van der Waals surface area contributed by atoms with Crippen LogP contribution in [0, 0.1) is 6.92 Å². The van der Waals surface area contributed by atoms with Crippen molar-refractivity contribution in [2.75, 3.05) is 5.32 Å². The zero-order chi connectivity index (χ0) is 12.3.